The van der Waals surface area contributed by atoms with Gasteiger partial charge in [-0.25, -0.2) is 0 Å². The second-order valence-electron chi connectivity index (χ2n) is 5.86. The number of hydrogen-bond donors (Lipinski definition) is 1. The SMILES string of the molecule is COc1cc(C(=O)NC2CCCc3ccccc32)ccc1OC(F)F. The predicted molar refractivity (Wildman–Crippen MR) is 89.2 cm³/mol. The van der Waals surface area contributed by atoms with E-state index in [4.69, 9.17) is 4.74 Å². The Labute approximate surface area is 144 Å². The molecule has 0 bridgehead atoms. The highest BCUT2D eigenvalue weighted by Gasteiger charge is 2.22. The number of ether oxygens (including phenoxy) is 2. The topological polar surface area (TPSA) is 47.6 Å². The van der Waals surface area contributed by atoms with Gasteiger partial charge in [0.25, 0.3) is 5.91 Å². The van der Waals surface area contributed by atoms with E-state index in [0.717, 1.165) is 24.8 Å². The Morgan fingerprint density at radius 2 is 2.00 bits per heavy atom. The Kier molecular flexibility index (Phi) is 5.16. The van der Waals surface area contributed by atoms with Crippen molar-refractivity contribution in [3.63, 3.8) is 0 Å². The molecular formula is C19H19F2NO3. The number of carbonyl (C=O) groups is 1. The second kappa shape index (κ2) is 7.51. The number of amides is 1. The molecule has 0 fully saturated rings. The summed E-state index contributed by atoms with van der Waals surface area (Å²) >= 11 is 0. The van der Waals surface area contributed by atoms with Gasteiger partial charge < -0.3 is 14.8 Å². The number of fused-ring (bicyclic) bond motifs is 1. The zero-order chi connectivity index (χ0) is 17.8. The summed E-state index contributed by atoms with van der Waals surface area (Å²) < 4.78 is 34.2. The van der Waals surface area contributed by atoms with Gasteiger partial charge in [0.1, 0.15) is 0 Å². The van der Waals surface area contributed by atoms with Gasteiger partial charge >= 0.3 is 6.61 Å². The first-order valence-electron chi connectivity index (χ1n) is 8.10. The maximum absolute atomic E-state index is 12.6. The third-order valence-electron chi connectivity index (χ3n) is 4.32. The highest BCUT2D eigenvalue weighted by molar-refractivity contribution is 5.95. The average Bonchev–Trinajstić information content (AvgIpc) is 2.62. The first-order chi connectivity index (χ1) is 12.1. The molecule has 0 aromatic heterocycles. The summed E-state index contributed by atoms with van der Waals surface area (Å²) in [5, 5.41) is 3.02. The molecule has 4 nitrogen and oxygen atoms in total. The largest absolute Gasteiger partial charge is 0.493 e. The minimum absolute atomic E-state index is 0.0552. The number of halogens is 2. The Bertz CT molecular complexity index is 764. The maximum Gasteiger partial charge on any atom is 0.387 e. The number of hydrogen-bond acceptors (Lipinski definition) is 3. The summed E-state index contributed by atoms with van der Waals surface area (Å²) in [4.78, 5) is 12.6. The molecule has 0 heterocycles. The van der Waals surface area contributed by atoms with Crippen LogP contribution in [0.15, 0.2) is 42.5 Å². The number of aryl methyl sites for hydroxylation is 1. The van der Waals surface area contributed by atoms with E-state index < -0.39 is 6.61 Å². The van der Waals surface area contributed by atoms with Gasteiger partial charge in [-0.15, -0.1) is 0 Å². The molecule has 2 aromatic carbocycles. The molecule has 0 saturated heterocycles. The molecule has 0 saturated carbocycles. The van der Waals surface area contributed by atoms with Crippen LogP contribution < -0.4 is 14.8 Å². The predicted octanol–water partition coefficient (Wildman–Crippen LogP) is 4.10. The fourth-order valence-electron chi connectivity index (χ4n) is 3.15. The highest BCUT2D eigenvalue weighted by atomic mass is 19.3. The van der Waals surface area contributed by atoms with Crippen LogP contribution in [0.25, 0.3) is 0 Å². The van der Waals surface area contributed by atoms with Crippen molar-refractivity contribution in [2.75, 3.05) is 7.11 Å². The van der Waals surface area contributed by atoms with Gasteiger partial charge in [-0.2, -0.15) is 8.78 Å². The maximum atomic E-state index is 12.6. The van der Waals surface area contributed by atoms with E-state index in [2.05, 4.69) is 16.1 Å². The fraction of sp³-hybridized carbons (Fsp3) is 0.316. The molecule has 1 amide bonds. The van der Waals surface area contributed by atoms with Crippen molar-refractivity contribution in [2.45, 2.75) is 31.9 Å². The molecule has 0 spiro atoms. The lowest BCUT2D eigenvalue weighted by Crippen LogP contribution is -2.31. The van der Waals surface area contributed by atoms with Gasteiger partial charge in [-0.1, -0.05) is 24.3 Å². The summed E-state index contributed by atoms with van der Waals surface area (Å²) in [6, 6.07) is 12.2. The number of carbonyl (C=O) groups excluding carboxylic acids is 1. The van der Waals surface area contributed by atoms with Crippen LogP contribution in [0.1, 0.15) is 40.4 Å². The van der Waals surface area contributed by atoms with Gasteiger partial charge in [0.05, 0.1) is 13.2 Å². The zero-order valence-corrected chi connectivity index (χ0v) is 13.8. The molecule has 0 aliphatic heterocycles. The van der Waals surface area contributed by atoms with E-state index >= 15 is 0 Å². The van der Waals surface area contributed by atoms with Gasteiger partial charge in [-0.05, 0) is 48.6 Å². The minimum Gasteiger partial charge on any atom is -0.493 e. The number of alkyl halides is 2. The first kappa shape index (κ1) is 17.2. The lowest BCUT2D eigenvalue weighted by Gasteiger charge is -2.26. The molecule has 0 radical (unpaired) electrons. The van der Waals surface area contributed by atoms with Crippen LogP contribution in [0, 0.1) is 0 Å². The molecule has 1 aliphatic carbocycles. The third-order valence-corrected chi connectivity index (χ3v) is 4.32. The molecule has 1 N–H and O–H groups in total. The van der Waals surface area contributed by atoms with Gasteiger partial charge in [0.2, 0.25) is 0 Å². The number of methoxy groups -OCH3 is 1. The summed E-state index contributed by atoms with van der Waals surface area (Å²) in [7, 11) is 1.34. The molecule has 25 heavy (non-hydrogen) atoms. The molecule has 1 atom stereocenters. The van der Waals surface area contributed by atoms with Crippen LogP contribution in [-0.2, 0) is 6.42 Å². The Morgan fingerprint density at radius 1 is 1.20 bits per heavy atom. The number of benzene rings is 2. The molecule has 2 aromatic rings. The van der Waals surface area contributed by atoms with Gasteiger partial charge in [-0.3, -0.25) is 4.79 Å². The van der Waals surface area contributed by atoms with Crippen molar-refractivity contribution in [2.24, 2.45) is 0 Å². The first-order valence-corrected chi connectivity index (χ1v) is 8.10. The van der Waals surface area contributed by atoms with Crippen molar-refractivity contribution < 1.29 is 23.0 Å². The molecule has 132 valence electrons. The standard InChI is InChI=1S/C19H19F2NO3/c1-24-17-11-13(9-10-16(17)25-19(20)21)18(23)22-15-8-4-6-12-5-2-3-7-14(12)15/h2-3,5,7,9-11,15,19H,4,6,8H2,1H3,(H,22,23). The lowest BCUT2D eigenvalue weighted by atomic mass is 9.87. The molecule has 1 aliphatic rings. The van der Waals surface area contributed by atoms with E-state index in [0.29, 0.717) is 5.56 Å². The van der Waals surface area contributed by atoms with Crippen molar-refractivity contribution in [1.82, 2.24) is 5.32 Å². The Balaban J connectivity index is 1.78. The third kappa shape index (κ3) is 3.90. The van der Waals surface area contributed by atoms with E-state index in [9.17, 15) is 13.6 Å². The Hall–Kier alpha value is -2.63. The van der Waals surface area contributed by atoms with Crippen LogP contribution >= 0.6 is 0 Å². The monoisotopic (exact) mass is 347 g/mol. The van der Waals surface area contributed by atoms with Crippen molar-refractivity contribution >= 4 is 5.91 Å². The summed E-state index contributed by atoms with van der Waals surface area (Å²) in [6.45, 7) is -2.95. The Morgan fingerprint density at radius 3 is 2.76 bits per heavy atom. The van der Waals surface area contributed by atoms with E-state index in [1.54, 1.807) is 0 Å². The van der Waals surface area contributed by atoms with Crippen LogP contribution in [0.3, 0.4) is 0 Å². The van der Waals surface area contributed by atoms with E-state index in [-0.39, 0.29) is 23.4 Å². The van der Waals surface area contributed by atoms with Crippen molar-refractivity contribution in [3.8, 4) is 11.5 Å². The molecule has 3 rings (SSSR count). The van der Waals surface area contributed by atoms with Crippen molar-refractivity contribution in [1.29, 1.82) is 0 Å². The summed E-state index contributed by atoms with van der Waals surface area (Å²) in [6.07, 6.45) is 2.88. The second-order valence-corrected chi connectivity index (χ2v) is 5.86. The summed E-state index contributed by atoms with van der Waals surface area (Å²) in [5.74, 6) is -0.280. The van der Waals surface area contributed by atoms with E-state index in [1.807, 2.05) is 18.2 Å². The van der Waals surface area contributed by atoms with E-state index in [1.165, 1.54) is 30.9 Å². The van der Waals surface area contributed by atoms with Crippen molar-refractivity contribution in [3.05, 3.63) is 59.2 Å². The molecule has 6 heteroatoms. The van der Waals surface area contributed by atoms with Crippen LogP contribution in [0.5, 0.6) is 11.5 Å². The number of nitrogens with one attached hydrogen (secondary N) is 1. The number of rotatable bonds is 5. The smallest absolute Gasteiger partial charge is 0.387 e. The highest BCUT2D eigenvalue weighted by Crippen LogP contribution is 2.32. The van der Waals surface area contributed by atoms with Crippen LogP contribution in [0.4, 0.5) is 8.78 Å². The normalized spacial score (nSPS) is 16.2. The minimum atomic E-state index is -2.95. The molecule has 1 unspecified atom stereocenters. The fourth-order valence-corrected chi connectivity index (χ4v) is 3.15. The average molecular weight is 347 g/mol. The molecular weight excluding hydrogens is 328 g/mol. The summed E-state index contributed by atoms with van der Waals surface area (Å²) in [5.41, 5.74) is 2.71. The lowest BCUT2D eigenvalue weighted by molar-refractivity contribution is -0.0512. The zero-order valence-electron chi connectivity index (χ0n) is 13.8. The van der Waals surface area contributed by atoms with Crippen LogP contribution in [0.2, 0.25) is 0 Å². The quantitative estimate of drug-likeness (QED) is 0.886. The van der Waals surface area contributed by atoms with Gasteiger partial charge in [0.15, 0.2) is 11.5 Å². The van der Waals surface area contributed by atoms with Crippen LogP contribution in [-0.4, -0.2) is 19.6 Å². The van der Waals surface area contributed by atoms with Gasteiger partial charge in [0, 0.05) is 5.56 Å².